The van der Waals surface area contributed by atoms with Gasteiger partial charge in [-0.3, -0.25) is 0 Å². The highest BCUT2D eigenvalue weighted by Gasteiger charge is 2.28. The molecule has 0 aromatic heterocycles. The molecule has 2 aliphatic rings. The number of likely N-dealkylation sites (tertiary alicyclic amines) is 1. The van der Waals surface area contributed by atoms with E-state index >= 15 is 0 Å². The van der Waals surface area contributed by atoms with Gasteiger partial charge in [0, 0.05) is 18.1 Å². The van der Waals surface area contributed by atoms with E-state index in [0.717, 1.165) is 24.0 Å². The molecule has 2 rings (SSSR count). The van der Waals surface area contributed by atoms with Crippen LogP contribution in [0.4, 0.5) is 0 Å². The van der Waals surface area contributed by atoms with Crippen molar-refractivity contribution in [2.24, 2.45) is 5.92 Å². The second kappa shape index (κ2) is 5.50. The average molecular weight is 224 g/mol. The highest BCUT2D eigenvalue weighted by molar-refractivity contribution is 4.86. The number of hydrogen-bond acceptors (Lipinski definition) is 2. The smallest absolute Gasteiger partial charge is 0.00823 e. The first-order valence-electron chi connectivity index (χ1n) is 7.15. The van der Waals surface area contributed by atoms with Gasteiger partial charge in [0.25, 0.3) is 0 Å². The van der Waals surface area contributed by atoms with E-state index in [1.165, 1.54) is 45.2 Å². The van der Waals surface area contributed by atoms with Crippen molar-refractivity contribution in [2.45, 2.75) is 71.0 Å². The van der Waals surface area contributed by atoms with Gasteiger partial charge in [-0.1, -0.05) is 6.92 Å². The molecule has 0 spiro atoms. The third-order valence-electron chi connectivity index (χ3n) is 4.34. The molecule has 0 aromatic rings. The van der Waals surface area contributed by atoms with Crippen LogP contribution in [0.15, 0.2) is 0 Å². The predicted octanol–water partition coefficient (Wildman–Crippen LogP) is 2.64. The first-order valence-corrected chi connectivity index (χ1v) is 7.15. The fourth-order valence-electron chi connectivity index (χ4n) is 3.17. The molecule has 0 radical (unpaired) electrons. The maximum Gasteiger partial charge on any atom is 0.00823 e. The first kappa shape index (κ1) is 12.4. The molecule has 1 saturated heterocycles. The Balaban J connectivity index is 1.71. The Bertz CT molecular complexity index is 209. The summed E-state index contributed by atoms with van der Waals surface area (Å²) in [5.41, 5.74) is 0. The highest BCUT2D eigenvalue weighted by Crippen LogP contribution is 2.27. The van der Waals surface area contributed by atoms with Crippen molar-refractivity contribution in [3.05, 3.63) is 0 Å². The zero-order valence-electron chi connectivity index (χ0n) is 11.2. The largest absolute Gasteiger partial charge is 0.311 e. The van der Waals surface area contributed by atoms with Crippen molar-refractivity contribution in [3.8, 4) is 0 Å². The molecule has 94 valence electrons. The Hall–Kier alpha value is -0.0800. The summed E-state index contributed by atoms with van der Waals surface area (Å²) in [5, 5.41) is 3.86. The van der Waals surface area contributed by atoms with Crippen molar-refractivity contribution in [2.75, 3.05) is 13.1 Å². The average Bonchev–Trinajstić information content (AvgIpc) is 2.41. The first-order chi connectivity index (χ1) is 7.65. The van der Waals surface area contributed by atoms with E-state index in [1.807, 2.05) is 0 Å². The number of rotatable bonds is 3. The zero-order valence-corrected chi connectivity index (χ0v) is 11.2. The Morgan fingerprint density at radius 3 is 2.44 bits per heavy atom. The summed E-state index contributed by atoms with van der Waals surface area (Å²) in [6, 6.07) is 2.36. The molecular formula is C14H28N2. The van der Waals surface area contributed by atoms with E-state index in [-0.39, 0.29) is 0 Å². The molecule has 1 heterocycles. The van der Waals surface area contributed by atoms with Crippen molar-refractivity contribution in [1.29, 1.82) is 0 Å². The molecular weight excluding hydrogens is 196 g/mol. The van der Waals surface area contributed by atoms with Gasteiger partial charge in [0.15, 0.2) is 0 Å². The predicted molar refractivity (Wildman–Crippen MR) is 69.7 cm³/mol. The van der Waals surface area contributed by atoms with E-state index in [9.17, 15) is 0 Å². The Labute approximate surface area is 101 Å². The molecule has 0 bridgehead atoms. The van der Waals surface area contributed by atoms with Crippen LogP contribution >= 0.6 is 0 Å². The monoisotopic (exact) mass is 224 g/mol. The number of hydrogen-bond donors (Lipinski definition) is 1. The summed E-state index contributed by atoms with van der Waals surface area (Å²) in [4.78, 5) is 2.63. The third kappa shape index (κ3) is 3.21. The van der Waals surface area contributed by atoms with E-state index in [1.54, 1.807) is 0 Å². The van der Waals surface area contributed by atoms with Crippen LogP contribution in [0.2, 0.25) is 0 Å². The number of nitrogens with zero attached hydrogens (tertiary/aromatic N) is 1. The fraction of sp³-hybridized carbons (Fsp3) is 1.00. The van der Waals surface area contributed by atoms with Gasteiger partial charge in [-0.2, -0.15) is 0 Å². The van der Waals surface area contributed by atoms with Gasteiger partial charge >= 0.3 is 0 Å². The fourth-order valence-corrected chi connectivity index (χ4v) is 3.17. The minimum absolute atomic E-state index is 0.725. The Kier molecular flexibility index (Phi) is 4.26. The molecule has 1 aliphatic carbocycles. The van der Waals surface area contributed by atoms with Crippen molar-refractivity contribution in [3.63, 3.8) is 0 Å². The number of nitrogens with one attached hydrogen (secondary N) is 1. The zero-order chi connectivity index (χ0) is 11.5. The van der Waals surface area contributed by atoms with Gasteiger partial charge in [0.1, 0.15) is 0 Å². The van der Waals surface area contributed by atoms with Gasteiger partial charge in [0.05, 0.1) is 0 Å². The quantitative estimate of drug-likeness (QED) is 0.793. The van der Waals surface area contributed by atoms with Gasteiger partial charge in [-0.15, -0.1) is 0 Å². The van der Waals surface area contributed by atoms with Gasteiger partial charge in [0.2, 0.25) is 0 Å². The third-order valence-corrected chi connectivity index (χ3v) is 4.34. The van der Waals surface area contributed by atoms with Crippen molar-refractivity contribution in [1.82, 2.24) is 10.2 Å². The van der Waals surface area contributed by atoms with Crippen LogP contribution in [-0.2, 0) is 0 Å². The summed E-state index contributed by atoms with van der Waals surface area (Å²) >= 11 is 0. The van der Waals surface area contributed by atoms with Gasteiger partial charge in [-0.05, 0) is 65.0 Å². The molecule has 1 saturated carbocycles. The van der Waals surface area contributed by atoms with Crippen LogP contribution < -0.4 is 5.32 Å². The van der Waals surface area contributed by atoms with Gasteiger partial charge < -0.3 is 10.2 Å². The molecule has 1 atom stereocenters. The van der Waals surface area contributed by atoms with Crippen LogP contribution in [0.25, 0.3) is 0 Å². The molecule has 1 aliphatic heterocycles. The lowest BCUT2D eigenvalue weighted by atomic mass is 9.81. The lowest BCUT2D eigenvalue weighted by Gasteiger charge is -2.36. The van der Waals surface area contributed by atoms with Crippen LogP contribution in [0.5, 0.6) is 0 Å². The summed E-state index contributed by atoms with van der Waals surface area (Å²) in [6.45, 7) is 9.60. The van der Waals surface area contributed by atoms with Crippen molar-refractivity contribution >= 4 is 0 Å². The lowest BCUT2D eigenvalue weighted by molar-refractivity contribution is 0.207. The van der Waals surface area contributed by atoms with E-state index in [0.29, 0.717) is 0 Å². The Morgan fingerprint density at radius 2 is 1.81 bits per heavy atom. The molecule has 2 heteroatoms. The second-order valence-corrected chi connectivity index (χ2v) is 6.20. The maximum absolute atomic E-state index is 3.86. The summed E-state index contributed by atoms with van der Waals surface area (Å²) in [5.74, 6) is 0.968. The molecule has 1 unspecified atom stereocenters. The minimum atomic E-state index is 0.725. The minimum Gasteiger partial charge on any atom is -0.311 e. The normalized spacial score (nSPS) is 37.1. The lowest BCUT2D eigenvalue weighted by Crippen LogP contribution is -2.46. The van der Waals surface area contributed by atoms with Crippen LogP contribution in [-0.4, -0.2) is 36.1 Å². The standard InChI is InChI=1S/C14H28N2/c1-11(2)16-7-4-5-13(6-8-16)15-14-9-12(3)10-14/h11-15H,4-10H2,1-3H3. The highest BCUT2D eigenvalue weighted by atomic mass is 15.2. The molecule has 0 amide bonds. The van der Waals surface area contributed by atoms with Crippen LogP contribution in [0.3, 0.4) is 0 Å². The topological polar surface area (TPSA) is 15.3 Å². The van der Waals surface area contributed by atoms with E-state index in [4.69, 9.17) is 0 Å². The molecule has 2 fully saturated rings. The SMILES string of the molecule is CC1CC(NC2CCCN(C(C)C)CC2)C1. The Morgan fingerprint density at radius 1 is 1.06 bits per heavy atom. The van der Waals surface area contributed by atoms with Crippen LogP contribution in [0, 0.1) is 5.92 Å². The molecule has 2 nitrogen and oxygen atoms in total. The van der Waals surface area contributed by atoms with E-state index in [2.05, 4.69) is 31.0 Å². The maximum atomic E-state index is 3.86. The summed E-state index contributed by atoms with van der Waals surface area (Å²) in [7, 11) is 0. The summed E-state index contributed by atoms with van der Waals surface area (Å²) < 4.78 is 0. The van der Waals surface area contributed by atoms with Crippen molar-refractivity contribution < 1.29 is 0 Å². The molecule has 1 N–H and O–H groups in total. The van der Waals surface area contributed by atoms with E-state index < -0.39 is 0 Å². The van der Waals surface area contributed by atoms with Crippen LogP contribution in [0.1, 0.15) is 52.9 Å². The second-order valence-electron chi connectivity index (χ2n) is 6.20. The van der Waals surface area contributed by atoms with Gasteiger partial charge in [-0.25, -0.2) is 0 Å². The molecule has 0 aromatic carbocycles. The molecule has 16 heavy (non-hydrogen) atoms. The summed E-state index contributed by atoms with van der Waals surface area (Å²) in [6.07, 6.45) is 6.92.